The molecule has 0 amide bonds. The Labute approximate surface area is 120 Å². The van der Waals surface area contributed by atoms with Gasteiger partial charge in [0.1, 0.15) is 0 Å². The Kier molecular flexibility index (Phi) is 5.84. The lowest BCUT2D eigenvalue weighted by Gasteiger charge is -2.47. The highest BCUT2D eigenvalue weighted by Crippen LogP contribution is 2.28. The molecule has 0 spiro atoms. The van der Waals surface area contributed by atoms with E-state index < -0.39 is 0 Å². The summed E-state index contributed by atoms with van der Waals surface area (Å²) in [5.74, 6) is 0. The minimum Gasteiger partial charge on any atom is -0.312 e. The van der Waals surface area contributed by atoms with Crippen LogP contribution in [0.3, 0.4) is 0 Å². The van der Waals surface area contributed by atoms with Crippen molar-refractivity contribution in [1.82, 2.24) is 15.5 Å². The topological polar surface area (TPSA) is 27.3 Å². The van der Waals surface area contributed by atoms with Crippen molar-refractivity contribution < 1.29 is 0 Å². The van der Waals surface area contributed by atoms with Crippen molar-refractivity contribution in [2.45, 2.75) is 83.5 Å². The van der Waals surface area contributed by atoms with Gasteiger partial charge in [0.2, 0.25) is 0 Å². The molecule has 1 aliphatic heterocycles. The maximum absolute atomic E-state index is 3.82. The normalized spacial score (nSPS) is 24.6. The summed E-state index contributed by atoms with van der Waals surface area (Å²) in [5, 5.41) is 7.56. The number of likely N-dealkylation sites (N-methyl/N-ethyl adjacent to an activating group) is 1. The molecular formula is C16H35N3. The van der Waals surface area contributed by atoms with E-state index in [-0.39, 0.29) is 11.1 Å². The van der Waals surface area contributed by atoms with Crippen LogP contribution in [0.5, 0.6) is 0 Å². The van der Waals surface area contributed by atoms with Crippen LogP contribution in [-0.4, -0.2) is 48.7 Å². The second-order valence-electron chi connectivity index (χ2n) is 7.81. The lowest BCUT2D eigenvalue weighted by molar-refractivity contribution is 0.139. The van der Waals surface area contributed by atoms with E-state index in [9.17, 15) is 0 Å². The number of nitrogens with zero attached hydrogens (tertiary/aromatic N) is 1. The first kappa shape index (κ1) is 16.9. The molecular weight excluding hydrogens is 234 g/mol. The summed E-state index contributed by atoms with van der Waals surface area (Å²) in [6, 6.07) is 1.29. The van der Waals surface area contributed by atoms with Crippen molar-refractivity contribution in [3.8, 4) is 0 Å². The van der Waals surface area contributed by atoms with Crippen LogP contribution < -0.4 is 10.6 Å². The number of piperidine rings is 1. The van der Waals surface area contributed by atoms with Crippen LogP contribution >= 0.6 is 0 Å². The Hall–Kier alpha value is -0.120. The summed E-state index contributed by atoms with van der Waals surface area (Å²) in [6.07, 6.45) is 4.96. The molecule has 0 aliphatic carbocycles. The molecule has 114 valence electrons. The first-order valence-electron chi connectivity index (χ1n) is 7.84. The summed E-state index contributed by atoms with van der Waals surface area (Å²) >= 11 is 0. The first-order chi connectivity index (χ1) is 8.65. The van der Waals surface area contributed by atoms with Gasteiger partial charge in [-0.15, -0.1) is 0 Å². The third kappa shape index (κ3) is 5.80. The second kappa shape index (κ2) is 6.55. The molecule has 1 fully saturated rings. The van der Waals surface area contributed by atoms with Crippen LogP contribution in [0.15, 0.2) is 0 Å². The molecule has 0 aromatic carbocycles. The lowest BCUT2D eigenvalue weighted by atomic mass is 9.79. The summed E-state index contributed by atoms with van der Waals surface area (Å²) in [7, 11) is 4.39. The Morgan fingerprint density at radius 1 is 1.16 bits per heavy atom. The van der Waals surface area contributed by atoms with Gasteiger partial charge in [-0.3, -0.25) is 0 Å². The molecule has 3 heteroatoms. The maximum atomic E-state index is 3.82. The van der Waals surface area contributed by atoms with Gasteiger partial charge in [0, 0.05) is 29.7 Å². The fraction of sp³-hybridized carbons (Fsp3) is 1.00. The van der Waals surface area contributed by atoms with E-state index in [0.29, 0.717) is 12.1 Å². The van der Waals surface area contributed by atoms with Crippen molar-refractivity contribution in [2.75, 3.05) is 20.6 Å². The molecule has 0 radical (unpaired) electrons. The third-order valence-electron chi connectivity index (χ3n) is 4.18. The molecule has 19 heavy (non-hydrogen) atoms. The molecule has 0 bridgehead atoms. The molecule has 1 aliphatic rings. The summed E-state index contributed by atoms with van der Waals surface area (Å²) in [5.41, 5.74) is 0.468. The zero-order valence-corrected chi connectivity index (χ0v) is 14.1. The van der Waals surface area contributed by atoms with Crippen molar-refractivity contribution in [2.24, 2.45) is 0 Å². The molecule has 0 unspecified atom stereocenters. The largest absolute Gasteiger partial charge is 0.312 e. The van der Waals surface area contributed by atoms with E-state index in [2.05, 4.69) is 64.2 Å². The number of hydrogen-bond acceptors (Lipinski definition) is 3. The molecule has 1 atom stereocenters. The summed E-state index contributed by atoms with van der Waals surface area (Å²) in [4.78, 5) is 2.36. The van der Waals surface area contributed by atoms with Gasteiger partial charge in [0.05, 0.1) is 0 Å². The van der Waals surface area contributed by atoms with E-state index in [4.69, 9.17) is 0 Å². The van der Waals surface area contributed by atoms with E-state index in [1.54, 1.807) is 0 Å². The fourth-order valence-electron chi connectivity index (χ4n) is 3.65. The monoisotopic (exact) mass is 269 g/mol. The molecule has 1 rings (SSSR count). The molecule has 2 N–H and O–H groups in total. The van der Waals surface area contributed by atoms with Crippen molar-refractivity contribution in [3.05, 3.63) is 0 Å². The van der Waals surface area contributed by atoms with E-state index >= 15 is 0 Å². The van der Waals surface area contributed by atoms with Gasteiger partial charge in [0.25, 0.3) is 0 Å². The number of nitrogens with one attached hydrogen (secondary N) is 2. The van der Waals surface area contributed by atoms with Crippen LogP contribution in [0.25, 0.3) is 0 Å². The Morgan fingerprint density at radius 3 is 2.11 bits per heavy atom. The summed E-state index contributed by atoms with van der Waals surface area (Å²) in [6.45, 7) is 12.6. The number of rotatable bonds is 6. The predicted octanol–water partition coefficient (Wildman–Crippen LogP) is 2.62. The zero-order valence-electron chi connectivity index (χ0n) is 14.1. The lowest BCUT2D eigenvalue weighted by Crippen LogP contribution is -2.62. The van der Waals surface area contributed by atoms with Gasteiger partial charge in [-0.25, -0.2) is 0 Å². The highest BCUT2D eigenvalue weighted by atomic mass is 15.1. The predicted molar refractivity (Wildman–Crippen MR) is 84.7 cm³/mol. The Balaban J connectivity index is 2.51. The van der Waals surface area contributed by atoms with Crippen molar-refractivity contribution in [1.29, 1.82) is 0 Å². The molecule has 0 aromatic heterocycles. The molecule has 0 aromatic rings. The van der Waals surface area contributed by atoms with Gasteiger partial charge < -0.3 is 15.5 Å². The van der Waals surface area contributed by atoms with E-state index in [0.717, 1.165) is 6.54 Å². The Morgan fingerprint density at radius 2 is 1.68 bits per heavy atom. The third-order valence-corrected chi connectivity index (χ3v) is 4.18. The van der Waals surface area contributed by atoms with Crippen molar-refractivity contribution >= 4 is 0 Å². The van der Waals surface area contributed by atoms with E-state index in [1.807, 2.05) is 0 Å². The smallest absolute Gasteiger partial charge is 0.0214 e. The van der Waals surface area contributed by atoms with E-state index in [1.165, 1.54) is 25.7 Å². The van der Waals surface area contributed by atoms with Crippen molar-refractivity contribution in [3.63, 3.8) is 0 Å². The van der Waals surface area contributed by atoms with Crippen LogP contribution in [0.4, 0.5) is 0 Å². The quantitative estimate of drug-likeness (QED) is 0.776. The highest BCUT2D eigenvalue weighted by molar-refractivity contribution is 4.99. The van der Waals surface area contributed by atoms with Crippen LogP contribution in [-0.2, 0) is 0 Å². The molecule has 0 saturated carbocycles. The number of hydrogen-bond donors (Lipinski definition) is 2. The van der Waals surface area contributed by atoms with Gasteiger partial charge in [-0.05, 0) is 61.1 Å². The highest BCUT2D eigenvalue weighted by Gasteiger charge is 2.37. The average molecular weight is 269 g/mol. The van der Waals surface area contributed by atoms with Gasteiger partial charge in [-0.2, -0.15) is 0 Å². The second-order valence-corrected chi connectivity index (χ2v) is 7.81. The minimum absolute atomic E-state index is 0.234. The van der Waals surface area contributed by atoms with Crippen LogP contribution in [0, 0.1) is 0 Å². The maximum Gasteiger partial charge on any atom is 0.0214 e. The standard InChI is InChI=1S/C16H35N3/c1-8-9-14(19(6)7)12-17-13-10-15(2,3)18-16(4,5)11-13/h13-14,17-18H,8-12H2,1-7H3/t14-/m1/s1. The zero-order chi connectivity index (χ0) is 14.7. The fourth-order valence-corrected chi connectivity index (χ4v) is 3.65. The van der Waals surface area contributed by atoms with Gasteiger partial charge in [-0.1, -0.05) is 13.3 Å². The van der Waals surface area contributed by atoms with Crippen LogP contribution in [0.2, 0.25) is 0 Å². The minimum atomic E-state index is 0.234. The molecule has 1 saturated heterocycles. The van der Waals surface area contributed by atoms with Gasteiger partial charge in [0.15, 0.2) is 0 Å². The van der Waals surface area contributed by atoms with Crippen LogP contribution in [0.1, 0.15) is 60.3 Å². The summed E-state index contributed by atoms with van der Waals surface area (Å²) < 4.78 is 0. The Bertz CT molecular complexity index is 255. The molecule has 3 nitrogen and oxygen atoms in total. The first-order valence-corrected chi connectivity index (χ1v) is 7.84. The SMILES string of the molecule is CCC[C@H](CNC1CC(C)(C)NC(C)(C)C1)N(C)C. The van der Waals surface area contributed by atoms with Gasteiger partial charge >= 0.3 is 0 Å². The average Bonchev–Trinajstić information content (AvgIpc) is 2.19. The molecule has 1 heterocycles.